The molecule has 0 unspecified atom stereocenters. The minimum Gasteiger partial charge on any atom is -0.348 e. The molecule has 1 amide bonds. The highest BCUT2D eigenvalue weighted by Gasteiger charge is 2.22. The number of hydrogen-bond donors (Lipinski definition) is 1. The van der Waals surface area contributed by atoms with Crippen LogP contribution in [0.1, 0.15) is 12.0 Å². The quantitative estimate of drug-likeness (QED) is 0.869. The first kappa shape index (κ1) is 14.3. The smallest absolute Gasteiger partial charge is 0.256 e. The molecule has 1 aromatic carbocycles. The number of aliphatic imine (C=N–C) groups is 1. The molecule has 0 aliphatic carbocycles. The molecule has 2 rings (SSSR count). The maximum Gasteiger partial charge on any atom is 0.256 e. The predicted octanol–water partition coefficient (Wildman–Crippen LogP) is 2.08. The third kappa shape index (κ3) is 3.27. The van der Waals surface area contributed by atoms with Gasteiger partial charge in [-0.2, -0.15) is 0 Å². The Morgan fingerprint density at radius 3 is 2.75 bits per heavy atom. The van der Waals surface area contributed by atoms with E-state index < -0.39 is 23.3 Å². The topological polar surface area (TPSA) is 58.5 Å². The lowest BCUT2D eigenvalue weighted by Gasteiger charge is -2.10. The van der Waals surface area contributed by atoms with E-state index in [9.17, 15) is 18.4 Å². The van der Waals surface area contributed by atoms with Crippen LogP contribution in [-0.4, -0.2) is 16.9 Å². The van der Waals surface area contributed by atoms with Crippen LogP contribution >= 0.6 is 11.6 Å². The van der Waals surface area contributed by atoms with Crippen molar-refractivity contribution in [2.75, 3.05) is 0 Å². The predicted molar refractivity (Wildman–Crippen MR) is 69.2 cm³/mol. The zero-order chi connectivity index (χ0) is 14.7. The third-order valence-corrected chi connectivity index (χ3v) is 2.85. The van der Waals surface area contributed by atoms with Gasteiger partial charge in [0, 0.05) is 12.7 Å². The highest BCUT2D eigenvalue weighted by atomic mass is 35.5. The summed E-state index contributed by atoms with van der Waals surface area (Å²) < 4.78 is 25.7. The summed E-state index contributed by atoms with van der Waals surface area (Å²) in [7, 11) is 0. The Kier molecular flexibility index (Phi) is 4.24. The molecule has 1 aliphatic rings. The summed E-state index contributed by atoms with van der Waals surface area (Å²) in [5, 5.41) is 2.55. The van der Waals surface area contributed by atoms with Gasteiger partial charge in [-0.15, -0.1) is 0 Å². The molecule has 0 fully saturated rings. The normalized spacial score (nSPS) is 14.7. The summed E-state index contributed by atoms with van der Waals surface area (Å²) in [5.74, 6) is -3.03. The van der Waals surface area contributed by atoms with Crippen LogP contribution in [0.25, 0.3) is 0 Å². The summed E-state index contributed by atoms with van der Waals surface area (Å²) in [6.45, 7) is -0.0297. The molecule has 0 spiro atoms. The number of nitrogens with zero attached hydrogens (tertiary/aromatic N) is 1. The van der Waals surface area contributed by atoms with Gasteiger partial charge in [0.2, 0.25) is 0 Å². The molecule has 0 saturated heterocycles. The molecule has 1 aromatic rings. The van der Waals surface area contributed by atoms with Gasteiger partial charge in [0.15, 0.2) is 17.4 Å². The highest BCUT2D eigenvalue weighted by molar-refractivity contribution is 6.67. The molecule has 1 aliphatic heterocycles. The lowest BCUT2D eigenvalue weighted by Crippen LogP contribution is -2.29. The van der Waals surface area contributed by atoms with E-state index in [1.54, 1.807) is 0 Å². The lowest BCUT2D eigenvalue weighted by molar-refractivity contribution is -0.122. The number of carbonyl (C=O) groups excluding carboxylic acids is 2. The lowest BCUT2D eigenvalue weighted by atomic mass is 10.1. The van der Waals surface area contributed by atoms with Crippen molar-refractivity contribution in [2.24, 2.45) is 4.99 Å². The zero-order valence-corrected chi connectivity index (χ0v) is 10.9. The van der Waals surface area contributed by atoms with Crippen molar-refractivity contribution in [2.45, 2.75) is 13.0 Å². The number of hydrogen-bond acceptors (Lipinski definition) is 3. The van der Waals surface area contributed by atoms with Gasteiger partial charge >= 0.3 is 0 Å². The van der Waals surface area contributed by atoms with E-state index in [0.29, 0.717) is 5.56 Å². The van der Waals surface area contributed by atoms with Gasteiger partial charge in [0.25, 0.3) is 5.91 Å². The van der Waals surface area contributed by atoms with E-state index in [4.69, 9.17) is 11.6 Å². The molecule has 1 N–H and O–H groups in total. The van der Waals surface area contributed by atoms with Crippen LogP contribution in [0.2, 0.25) is 0 Å². The van der Waals surface area contributed by atoms with Crippen LogP contribution in [0.4, 0.5) is 8.78 Å². The van der Waals surface area contributed by atoms with Gasteiger partial charge in [-0.3, -0.25) is 9.59 Å². The second kappa shape index (κ2) is 5.92. The fraction of sp³-hybridized carbons (Fsp3) is 0.154. The second-order valence-electron chi connectivity index (χ2n) is 4.08. The Morgan fingerprint density at radius 1 is 1.35 bits per heavy atom. The van der Waals surface area contributed by atoms with Crippen molar-refractivity contribution in [3.8, 4) is 0 Å². The summed E-state index contributed by atoms with van der Waals surface area (Å²) in [5.41, 5.74) is 0.264. The zero-order valence-electron chi connectivity index (χ0n) is 10.1. The number of nitrogens with one attached hydrogen (secondary N) is 1. The average molecular weight is 299 g/mol. The summed E-state index contributed by atoms with van der Waals surface area (Å²) in [4.78, 5) is 27.0. The number of benzene rings is 1. The van der Waals surface area contributed by atoms with E-state index in [0.717, 1.165) is 18.3 Å². The summed E-state index contributed by atoms with van der Waals surface area (Å²) in [6.07, 6.45) is 0.973. The van der Waals surface area contributed by atoms with E-state index in [-0.39, 0.29) is 23.7 Å². The van der Waals surface area contributed by atoms with Crippen LogP contribution in [0.15, 0.2) is 35.0 Å². The fourth-order valence-corrected chi connectivity index (χ4v) is 1.76. The molecule has 20 heavy (non-hydrogen) atoms. The number of halogens is 3. The minimum atomic E-state index is -0.999. The van der Waals surface area contributed by atoms with Crippen molar-refractivity contribution < 1.29 is 18.4 Å². The largest absolute Gasteiger partial charge is 0.348 e. The molecule has 0 aromatic heterocycles. The maximum absolute atomic E-state index is 13.0. The van der Waals surface area contributed by atoms with Crippen molar-refractivity contribution in [1.82, 2.24) is 5.32 Å². The molecule has 0 bridgehead atoms. The van der Waals surface area contributed by atoms with E-state index in [1.807, 2.05) is 0 Å². The number of rotatable bonds is 3. The molecule has 0 radical (unpaired) electrons. The SMILES string of the molecule is O=C1CC(Cl)=NC=C1C(=O)NCc1ccc(F)c(F)c1. The van der Waals surface area contributed by atoms with Crippen molar-refractivity contribution >= 4 is 28.5 Å². The Hall–Kier alpha value is -2.08. The fourth-order valence-electron chi connectivity index (χ4n) is 1.59. The first-order valence-corrected chi connectivity index (χ1v) is 6.03. The standard InChI is InChI=1S/C13H9ClF2N2O2/c14-12-4-11(19)8(6-17-12)13(20)18-5-7-1-2-9(15)10(16)3-7/h1-3,6H,4-5H2,(H,18,20). The number of amides is 1. The van der Waals surface area contributed by atoms with Gasteiger partial charge < -0.3 is 5.32 Å². The minimum absolute atomic E-state index is 0.0297. The van der Waals surface area contributed by atoms with Crippen LogP contribution < -0.4 is 5.32 Å². The Bertz CT molecular complexity index is 641. The first-order valence-electron chi connectivity index (χ1n) is 5.65. The summed E-state index contributed by atoms with van der Waals surface area (Å²) >= 11 is 5.56. The van der Waals surface area contributed by atoms with Crippen LogP contribution in [0.3, 0.4) is 0 Å². The molecular formula is C13H9ClF2N2O2. The molecule has 0 saturated carbocycles. The van der Waals surface area contributed by atoms with Crippen LogP contribution in [-0.2, 0) is 16.1 Å². The highest BCUT2D eigenvalue weighted by Crippen LogP contribution is 2.12. The number of ketones is 1. The van der Waals surface area contributed by atoms with Crippen molar-refractivity contribution in [1.29, 1.82) is 0 Å². The van der Waals surface area contributed by atoms with Gasteiger partial charge in [-0.1, -0.05) is 17.7 Å². The molecule has 4 nitrogen and oxygen atoms in total. The Labute approximate surface area is 118 Å². The van der Waals surface area contributed by atoms with Gasteiger partial charge in [0.05, 0.1) is 6.42 Å². The Morgan fingerprint density at radius 2 is 2.10 bits per heavy atom. The average Bonchev–Trinajstić information content (AvgIpc) is 2.40. The maximum atomic E-state index is 13.0. The summed E-state index contributed by atoms with van der Waals surface area (Å²) in [6, 6.07) is 3.28. The van der Waals surface area contributed by atoms with E-state index in [1.165, 1.54) is 6.07 Å². The van der Waals surface area contributed by atoms with Crippen molar-refractivity contribution in [3.05, 3.63) is 47.2 Å². The molecule has 104 valence electrons. The second-order valence-corrected chi connectivity index (χ2v) is 4.52. The number of Topliss-reactive ketones (excluding diaryl/α,β-unsaturated/α-hetero) is 1. The first-order chi connectivity index (χ1) is 9.47. The number of carbonyl (C=O) groups is 2. The monoisotopic (exact) mass is 298 g/mol. The molecule has 1 heterocycles. The molecule has 7 heteroatoms. The van der Waals surface area contributed by atoms with Gasteiger partial charge in [0.1, 0.15) is 10.7 Å². The van der Waals surface area contributed by atoms with Crippen molar-refractivity contribution in [3.63, 3.8) is 0 Å². The van der Waals surface area contributed by atoms with E-state index >= 15 is 0 Å². The molecular weight excluding hydrogens is 290 g/mol. The Balaban J connectivity index is 2.02. The van der Waals surface area contributed by atoms with Crippen LogP contribution in [0, 0.1) is 11.6 Å². The van der Waals surface area contributed by atoms with Gasteiger partial charge in [-0.25, -0.2) is 13.8 Å². The van der Waals surface area contributed by atoms with Crippen LogP contribution in [0.5, 0.6) is 0 Å². The third-order valence-electron chi connectivity index (χ3n) is 2.62. The van der Waals surface area contributed by atoms with E-state index in [2.05, 4.69) is 10.3 Å². The van der Waals surface area contributed by atoms with Gasteiger partial charge in [-0.05, 0) is 17.7 Å². The molecule has 0 atom stereocenters.